The van der Waals surface area contributed by atoms with E-state index in [2.05, 4.69) is 28.6 Å². The summed E-state index contributed by atoms with van der Waals surface area (Å²) in [7, 11) is 3.05. The van der Waals surface area contributed by atoms with E-state index in [1.165, 1.54) is 29.4 Å². The van der Waals surface area contributed by atoms with Crippen LogP contribution in [0.1, 0.15) is 35.4 Å². The molecule has 0 radical (unpaired) electrons. The van der Waals surface area contributed by atoms with Crippen molar-refractivity contribution >= 4 is 56.0 Å². The number of ether oxygens (including phenoxy) is 2. The number of H-pyrrole nitrogens is 1. The summed E-state index contributed by atoms with van der Waals surface area (Å²) >= 11 is 1.51. The lowest BCUT2D eigenvalue weighted by atomic mass is 9.94. The largest absolute Gasteiger partial charge is 0.497 e. The fraction of sp³-hybridized carbons (Fsp3) is 0.269. The second-order valence-corrected chi connectivity index (χ2v) is 9.23. The van der Waals surface area contributed by atoms with Gasteiger partial charge < -0.3 is 14.5 Å². The van der Waals surface area contributed by atoms with Crippen LogP contribution in [-0.4, -0.2) is 35.9 Å². The number of hydrogen-bond acceptors (Lipinski definition) is 7. The first-order chi connectivity index (χ1) is 16.7. The number of benzene rings is 2. The zero-order chi connectivity index (χ0) is 23.5. The second kappa shape index (κ2) is 11.0. The molecule has 9 heteroatoms. The van der Waals surface area contributed by atoms with Crippen molar-refractivity contribution in [1.82, 2.24) is 9.97 Å². The van der Waals surface area contributed by atoms with Gasteiger partial charge in [0.15, 0.2) is 0 Å². The van der Waals surface area contributed by atoms with E-state index in [9.17, 15) is 4.79 Å². The number of methoxy groups -OCH3 is 2. The molecule has 0 saturated heterocycles. The molecule has 35 heavy (non-hydrogen) atoms. The van der Waals surface area contributed by atoms with Crippen LogP contribution in [-0.2, 0) is 22.4 Å². The number of aromatic amines is 1. The Bertz CT molecular complexity index is 1360. The fourth-order valence-corrected chi connectivity index (χ4v) is 5.28. The van der Waals surface area contributed by atoms with E-state index in [0.717, 1.165) is 58.1 Å². The van der Waals surface area contributed by atoms with Gasteiger partial charge in [-0.15, -0.1) is 17.0 Å². The van der Waals surface area contributed by atoms with Gasteiger partial charge >= 0.3 is 5.97 Å². The fourth-order valence-electron chi connectivity index (χ4n) is 4.35. The number of para-hydroxylation sites is 1. The Hall–Kier alpha value is -3.17. The standard InChI is InChI=1S/C26H26N4O3S.BrH/c1-32-17-12-10-16(11-13-17)24-22(14-15-23(31)33-2)34-26(28-24)30-29-21-9-5-7-19-18-6-3-4-8-20(18)27-25(19)21;/h3-4,6,8,10-13,27H,5,7,9,14-15H2,1-2H3,(H,28,30);1H/b29-21+;. The first-order valence-electron chi connectivity index (χ1n) is 11.3. The molecule has 2 N–H and O–H groups in total. The number of fused-ring (bicyclic) bond motifs is 3. The van der Waals surface area contributed by atoms with Gasteiger partial charge in [0.25, 0.3) is 0 Å². The smallest absolute Gasteiger partial charge is 0.305 e. The maximum absolute atomic E-state index is 11.8. The average Bonchev–Trinajstić information content (AvgIpc) is 3.47. The number of anilines is 1. The third kappa shape index (κ3) is 5.26. The van der Waals surface area contributed by atoms with Crippen LogP contribution in [0.4, 0.5) is 5.13 Å². The Kier molecular flexibility index (Phi) is 7.87. The highest BCUT2D eigenvalue weighted by molar-refractivity contribution is 8.93. The zero-order valence-corrected chi connectivity index (χ0v) is 22.1. The molecule has 0 spiro atoms. The van der Waals surface area contributed by atoms with Crippen LogP contribution in [0.15, 0.2) is 53.6 Å². The van der Waals surface area contributed by atoms with Crippen molar-refractivity contribution in [2.24, 2.45) is 5.10 Å². The van der Waals surface area contributed by atoms with Gasteiger partial charge in [-0.2, -0.15) is 5.10 Å². The molecule has 2 aromatic carbocycles. The summed E-state index contributed by atoms with van der Waals surface area (Å²) in [5.41, 5.74) is 9.59. The summed E-state index contributed by atoms with van der Waals surface area (Å²) in [4.78, 5) is 21.1. The van der Waals surface area contributed by atoms with Crippen molar-refractivity contribution in [1.29, 1.82) is 0 Å². The minimum atomic E-state index is -0.239. The maximum atomic E-state index is 11.8. The summed E-state index contributed by atoms with van der Waals surface area (Å²) in [5.74, 6) is 0.545. The maximum Gasteiger partial charge on any atom is 0.305 e. The highest BCUT2D eigenvalue weighted by Gasteiger charge is 2.21. The summed E-state index contributed by atoms with van der Waals surface area (Å²) in [6.45, 7) is 0. The van der Waals surface area contributed by atoms with E-state index in [0.29, 0.717) is 18.0 Å². The van der Waals surface area contributed by atoms with Crippen LogP contribution < -0.4 is 10.2 Å². The molecule has 7 nitrogen and oxygen atoms in total. The number of carbonyl (C=O) groups excluding carboxylic acids is 1. The second-order valence-electron chi connectivity index (χ2n) is 8.14. The summed E-state index contributed by atoms with van der Waals surface area (Å²) in [6.07, 6.45) is 3.87. The minimum Gasteiger partial charge on any atom is -0.497 e. The Balaban J connectivity index is 0.00000289. The lowest BCUT2D eigenvalue weighted by Gasteiger charge is -2.13. The lowest BCUT2D eigenvalue weighted by molar-refractivity contribution is -0.140. The molecule has 0 aliphatic heterocycles. The molecule has 0 amide bonds. The molecule has 1 aliphatic carbocycles. The van der Waals surface area contributed by atoms with E-state index in [1.54, 1.807) is 7.11 Å². The zero-order valence-electron chi connectivity index (χ0n) is 19.6. The van der Waals surface area contributed by atoms with Gasteiger partial charge in [-0.05, 0) is 61.6 Å². The van der Waals surface area contributed by atoms with E-state index in [4.69, 9.17) is 19.6 Å². The van der Waals surface area contributed by atoms with Crippen molar-refractivity contribution in [3.8, 4) is 17.0 Å². The van der Waals surface area contributed by atoms with E-state index in [1.807, 2.05) is 30.3 Å². The lowest BCUT2D eigenvalue weighted by Crippen LogP contribution is -2.13. The van der Waals surface area contributed by atoms with Gasteiger partial charge in [-0.25, -0.2) is 4.98 Å². The van der Waals surface area contributed by atoms with Crippen molar-refractivity contribution in [2.75, 3.05) is 19.6 Å². The Morgan fingerprint density at radius 2 is 1.94 bits per heavy atom. The van der Waals surface area contributed by atoms with Gasteiger partial charge in [-0.3, -0.25) is 10.2 Å². The van der Waals surface area contributed by atoms with Crippen LogP contribution in [0.3, 0.4) is 0 Å². The molecule has 0 atom stereocenters. The van der Waals surface area contributed by atoms with Crippen LogP contribution in [0.5, 0.6) is 5.75 Å². The Morgan fingerprint density at radius 1 is 1.14 bits per heavy atom. The van der Waals surface area contributed by atoms with Crippen molar-refractivity contribution in [2.45, 2.75) is 32.1 Å². The van der Waals surface area contributed by atoms with Gasteiger partial charge in [-0.1, -0.05) is 29.5 Å². The molecule has 0 fully saturated rings. The summed E-state index contributed by atoms with van der Waals surface area (Å²) < 4.78 is 10.1. The number of thiazole rings is 1. The van der Waals surface area contributed by atoms with Crippen LogP contribution >= 0.6 is 28.3 Å². The third-order valence-corrected chi connectivity index (χ3v) is 7.09. The first kappa shape index (κ1) is 24.9. The number of nitrogens with one attached hydrogen (secondary N) is 2. The average molecular weight is 555 g/mol. The molecule has 1 aliphatic rings. The monoisotopic (exact) mass is 554 g/mol. The molecule has 182 valence electrons. The predicted molar refractivity (Wildman–Crippen MR) is 146 cm³/mol. The van der Waals surface area contributed by atoms with Crippen LogP contribution in [0.2, 0.25) is 0 Å². The van der Waals surface area contributed by atoms with Gasteiger partial charge in [0, 0.05) is 21.3 Å². The van der Waals surface area contributed by atoms with Crippen molar-refractivity contribution < 1.29 is 14.3 Å². The number of rotatable bonds is 7. The highest BCUT2D eigenvalue weighted by atomic mass is 79.9. The number of carbonyl (C=O) groups is 1. The molecule has 2 aromatic heterocycles. The van der Waals surface area contributed by atoms with E-state index >= 15 is 0 Å². The van der Waals surface area contributed by atoms with E-state index in [-0.39, 0.29) is 23.0 Å². The predicted octanol–water partition coefficient (Wildman–Crippen LogP) is 6.14. The quantitative estimate of drug-likeness (QED) is 0.211. The topological polar surface area (TPSA) is 88.6 Å². The summed E-state index contributed by atoms with van der Waals surface area (Å²) in [6, 6.07) is 16.2. The molecular formula is C26H27BrN4O3S. The van der Waals surface area contributed by atoms with Gasteiger partial charge in [0.05, 0.1) is 37.7 Å². The molecule has 0 saturated carbocycles. The molecule has 5 rings (SSSR count). The van der Waals surface area contributed by atoms with Gasteiger partial charge in [0.2, 0.25) is 5.13 Å². The van der Waals surface area contributed by atoms with Gasteiger partial charge in [0.1, 0.15) is 5.75 Å². The number of esters is 1. The van der Waals surface area contributed by atoms with E-state index < -0.39 is 0 Å². The number of aromatic nitrogens is 2. The molecule has 4 aromatic rings. The van der Waals surface area contributed by atoms with Crippen LogP contribution in [0.25, 0.3) is 22.2 Å². The first-order valence-corrected chi connectivity index (χ1v) is 12.1. The van der Waals surface area contributed by atoms with Crippen molar-refractivity contribution in [3.05, 3.63) is 64.7 Å². The number of hydrazone groups is 1. The third-order valence-electron chi connectivity index (χ3n) is 6.07. The molecule has 2 heterocycles. The molecule has 0 unspecified atom stereocenters. The highest BCUT2D eigenvalue weighted by Crippen LogP contribution is 2.34. The Morgan fingerprint density at radius 3 is 2.71 bits per heavy atom. The van der Waals surface area contributed by atoms with Crippen LogP contribution in [0, 0.1) is 0 Å². The number of hydrogen-bond donors (Lipinski definition) is 2. The normalized spacial score (nSPS) is 13.8. The SMILES string of the molecule is Br.COC(=O)CCc1sc(N/N=C2\CCCc3c2[nH]c2ccccc32)nc1-c1ccc(OC)cc1. The Labute approximate surface area is 218 Å². The summed E-state index contributed by atoms with van der Waals surface area (Å²) in [5, 5.41) is 6.71. The molecule has 0 bridgehead atoms. The number of halogens is 1. The van der Waals surface area contributed by atoms with Crippen molar-refractivity contribution in [3.63, 3.8) is 0 Å². The number of aryl methyl sites for hydroxylation is 2. The number of nitrogens with zero attached hydrogens (tertiary/aromatic N) is 2. The minimum absolute atomic E-state index is 0. The molecular weight excluding hydrogens is 528 g/mol.